The molecule has 34 heavy (non-hydrogen) atoms. The van der Waals surface area contributed by atoms with E-state index in [0.717, 1.165) is 24.3 Å². The van der Waals surface area contributed by atoms with Gasteiger partial charge in [0.1, 0.15) is 23.8 Å². The number of nitrogens with zero attached hydrogens (tertiary/aromatic N) is 1. The van der Waals surface area contributed by atoms with Gasteiger partial charge in [-0.25, -0.2) is 0 Å². The van der Waals surface area contributed by atoms with Crippen LogP contribution in [0.15, 0.2) is 36.4 Å². The second-order valence-electron chi connectivity index (χ2n) is 6.45. The Hall–Kier alpha value is -2.35. The SMILES string of the molecule is O=C(CCNc1cc(Oc2ccc(C(F)(F)F)cc2Cl)ccc1[N+](=O)[O-])OCCSSCCO. The molecule has 0 bridgehead atoms. The van der Waals surface area contributed by atoms with Gasteiger partial charge in [-0.15, -0.1) is 0 Å². The van der Waals surface area contributed by atoms with E-state index >= 15 is 0 Å². The molecule has 0 atom stereocenters. The van der Waals surface area contributed by atoms with Crippen LogP contribution >= 0.6 is 33.2 Å². The van der Waals surface area contributed by atoms with E-state index in [1.807, 2.05) is 0 Å². The summed E-state index contributed by atoms with van der Waals surface area (Å²) in [7, 11) is 2.92. The number of alkyl halides is 3. The summed E-state index contributed by atoms with van der Waals surface area (Å²) in [5.41, 5.74) is -1.17. The summed E-state index contributed by atoms with van der Waals surface area (Å²) in [5, 5.41) is 22.5. The lowest BCUT2D eigenvalue weighted by molar-refractivity contribution is -0.384. The van der Waals surface area contributed by atoms with Gasteiger partial charge < -0.3 is 19.9 Å². The summed E-state index contributed by atoms with van der Waals surface area (Å²) in [6, 6.07) is 6.30. The minimum absolute atomic E-state index is 0.0383. The third-order valence-corrected chi connectivity index (χ3v) is 6.63. The van der Waals surface area contributed by atoms with Crippen LogP contribution in [0.1, 0.15) is 12.0 Å². The molecule has 0 aliphatic rings. The van der Waals surface area contributed by atoms with Crippen molar-refractivity contribution in [2.45, 2.75) is 12.6 Å². The molecule has 0 unspecified atom stereocenters. The summed E-state index contributed by atoms with van der Waals surface area (Å²) < 4.78 is 48.9. The van der Waals surface area contributed by atoms with Gasteiger partial charge >= 0.3 is 12.1 Å². The van der Waals surface area contributed by atoms with Crippen molar-refractivity contribution in [1.82, 2.24) is 0 Å². The zero-order valence-electron chi connectivity index (χ0n) is 17.5. The first-order valence-corrected chi connectivity index (χ1v) is 12.6. The fourth-order valence-corrected chi connectivity index (χ4v) is 4.30. The van der Waals surface area contributed by atoms with Crippen molar-refractivity contribution in [3.05, 3.63) is 57.1 Å². The number of aliphatic hydroxyl groups excluding tert-OH is 1. The summed E-state index contributed by atoms with van der Waals surface area (Å²) >= 11 is 5.89. The lowest BCUT2D eigenvalue weighted by atomic mass is 10.2. The number of hydrogen-bond acceptors (Lipinski definition) is 9. The first-order valence-electron chi connectivity index (χ1n) is 9.69. The number of nitrogens with one attached hydrogen (secondary N) is 1. The molecule has 8 nitrogen and oxygen atoms in total. The highest BCUT2D eigenvalue weighted by Gasteiger charge is 2.31. The van der Waals surface area contributed by atoms with Gasteiger partial charge in [0.2, 0.25) is 0 Å². The zero-order valence-corrected chi connectivity index (χ0v) is 19.9. The van der Waals surface area contributed by atoms with Crippen molar-refractivity contribution in [3.8, 4) is 11.5 Å². The molecule has 2 aromatic carbocycles. The molecule has 186 valence electrons. The van der Waals surface area contributed by atoms with Crippen LogP contribution in [0, 0.1) is 10.1 Å². The Kier molecular flexibility index (Phi) is 11.1. The third kappa shape index (κ3) is 9.12. The van der Waals surface area contributed by atoms with Crippen LogP contribution in [0.3, 0.4) is 0 Å². The quantitative estimate of drug-likeness (QED) is 0.107. The maximum Gasteiger partial charge on any atom is 0.416 e. The summed E-state index contributed by atoms with van der Waals surface area (Å²) in [6.45, 7) is 0.300. The average Bonchev–Trinajstić information content (AvgIpc) is 2.77. The number of anilines is 1. The molecule has 0 saturated carbocycles. The van der Waals surface area contributed by atoms with Gasteiger partial charge in [0.15, 0.2) is 0 Å². The average molecular weight is 541 g/mol. The molecule has 0 saturated heterocycles. The van der Waals surface area contributed by atoms with Gasteiger partial charge in [-0.05, 0) is 24.3 Å². The van der Waals surface area contributed by atoms with Gasteiger partial charge in [0.25, 0.3) is 5.69 Å². The number of aliphatic hydroxyl groups is 1. The largest absolute Gasteiger partial charge is 0.465 e. The maximum atomic E-state index is 12.8. The van der Waals surface area contributed by atoms with Crippen molar-refractivity contribution in [1.29, 1.82) is 0 Å². The first kappa shape index (κ1) is 27.9. The molecule has 2 rings (SSSR count). The Labute approximate surface area is 205 Å². The molecule has 0 aliphatic carbocycles. The lowest BCUT2D eigenvalue weighted by Crippen LogP contribution is -2.13. The highest BCUT2D eigenvalue weighted by molar-refractivity contribution is 8.76. The summed E-state index contributed by atoms with van der Waals surface area (Å²) in [4.78, 5) is 22.5. The van der Waals surface area contributed by atoms with Gasteiger partial charge in [-0.2, -0.15) is 13.2 Å². The number of carbonyl (C=O) groups is 1. The van der Waals surface area contributed by atoms with Crippen molar-refractivity contribution in [2.75, 3.05) is 36.6 Å². The van der Waals surface area contributed by atoms with Gasteiger partial charge in [0.05, 0.1) is 28.5 Å². The molecule has 0 spiro atoms. The second-order valence-corrected chi connectivity index (χ2v) is 9.56. The van der Waals surface area contributed by atoms with Crippen LogP contribution < -0.4 is 10.1 Å². The van der Waals surface area contributed by atoms with E-state index in [1.54, 1.807) is 0 Å². The van der Waals surface area contributed by atoms with Crippen LogP contribution in [-0.4, -0.2) is 47.3 Å². The molecular formula is C20H20ClF3N2O6S2. The molecule has 2 N–H and O–H groups in total. The van der Waals surface area contributed by atoms with E-state index in [0.29, 0.717) is 11.5 Å². The zero-order chi connectivity index (χ0) is 25.1. The number of benzene rings is 2. The standard InChI is InChI=1S/C20H20ClF3N2O6S2/c21-15-11-13(20(22,23)24)1-4-18(15)32-14-2-3-17(26(29)30)16(12-14)25-6-5-19(28)31-8-10-34-33-9-7-27/h1-4,11-12,25,27H,5-10H2. The predicted molar refractivity (Wildman–Crippen MR) is 126 cm³/mol. The predicted octanol–water partition coefficient (Wildman–Crippen LogP) is 5.78. The molecular weight excluding hydrogens is 521 g/mol. The van der Waals surface area contributed by atoms with Gasteiger partial charge in [-0.1, -0.05) is 33.2 Å². The van der Waals surface area contributed by atoms with Crippen molar-refractivity contribution >= 4 is 50.5 Å². The molecule has 0 aromatic heterocycles. The maximum absolute atomic E-state index is 12.8. The smallest absolute Gasteiger partial charge is 0.416 e. The fraction of sp³-hybridized carbons (Fsp3) is 0.350. The topological polar surface area (TPSA) is 111 Å². The van der Waals surface area contributed by atoms with Gasteiger partial charge in [0, 0.05) is 30.2 Å². The number of hydrogen-bond donors (Lipinski definition) is 2. The number of nitro benzene ring substituents is 1. The van der Waals surface area contributed by atoms with E-state index in [9.17, 15) is 28.1 Å². The van der Waals surface area contributed by atoms with Crippen molar-refractivity contribution in [3.63, 3.8) is 0 Å². The number of halogens is 4. The van der Waals surface area contributed by atoms with E-state index in [-0.39, 0.29) is 54.1 Å². The van der Waals surface area contributed by atoms with Crippen molar-refractivity contribution < 1.29 is 37.5 Å². The van der Waals surface area contributed by atoms with Crippen LogP contribution in [-0.2, 0) is 15.7 Å². The van der Waals surface area contributed by atoms with Crippen LogP contribution in [0.25, 0.3) is 0 Å². The van der Waals surface area contributed by atoms with Gasteiger partial charge in [-0.3, -0.25) is 14.9 Å². The normalized spacial score (nSPS) is 11.2. The van der Waals surface area contributed by atoms with Crippen LogP contribution in [0.2, 0.25) is 5.02 Å². The van der Waals surface area contributed by atoms with E-state index < -0.39 is 22.6 Å². The van der Waals surface area contributed by atoms with Crippen LogP contribution in [0.5, 0.6) is 11.5 Å². The Bertz CT molecular complexity index is 997. The number of rotatable bonds is 13. The van der Waals surface area contributed by atoms with E-state index in [4.69, 9.17) is 26.2 Å². The molecule has 0 heterocycles. The fourth-order valence-electron chi connectivity index (χ4n) is 2.48. The molecule has 2 aromatic rings. The Morgan fingerprint density at radius 3 is 2.56 bits per heavy atom. The minimum Gasteiger partial charge on any atom is -0.465 e. The monoisotopic (exact) mass is 540 g/mol. The Morgan fingerprint density at radius 1 is 1.18 bits per heavy atom. The number of nitro groups is 1. The molecule has 0 amide bonds. The number of esters is 1. The summed E-state index contributed by atoms with van der Waals surface area (Å²) in [5.74, 6) is 0.672. The van der Waals surface area contributed by atoms with Crippen LogP contribution in [0.4, 0.5) is 24.5 Å². The van der Waals surface area contributed by atoms with E-state index in [2.05, 4.69) is 5.32 Å². The Morgan fingerprint density at radius 2 is 1.91 bits per heavy atom. The number of ether oxygens (including phenoxy) is 2. The molecule has 14 heteroatoms. The minimum atomic E-state index is -4.56. The molecule has 0 radical (unpaired) electrons. The molecule has 0 aliphatic heterocycles. The Balaban J connectivity index is 1.97. The summed E-state index contributed by atoms with van der Waals surface area (Å²) in [6.07, 6.45) is -4.62. The first-order chi connectivity index (χ1) is 16.1. The molecule has 0 fully saturated rings. The third-order valence-electron chi connectivity index (χ3n) is 3.98. The highest BCUT2D eigenvalue weighted by atomic mass is 35.5. The van der Waals surface area contributed by atoms with E-state index in [1.165, 1.54) is 33.7 Å². The second kappa shape index (κ2) is 13.5. The lowest BCUT2D eigenvalue weighted by Gasteiger charge is -2.13. The highest BCUT2D eigenvalue weighted by Crippen LogP contribution is 2.38. The van der Waals surface area contributed by atoms with Crippen molar-refractivity contribution in [2.24, 2.45) is 0 Å². The number of carbonyl (C=O) groups excluding carboxylic acids is 1.